The molecule has 0 radical (unpaired) electrons. The van der Waals surface area contributed by atoms with Crippen molar-refractivity contribution >= 4 is 30.6 Å². The Morgan fingerprint density at radius 1 is 0.634 bits per heavy atom. The molecule has 0 spiro atoms. The van der Waals surface area contributed by atoms with E-state index in [0.29, 0.717) is 0 Å². The number of hydrogen-bond acceptors (Lipinski definition) is 5. The molecule has 0 saturated heterocycles. The van der Waals surface area contributed by atoms with Crippen LogP contribution in [0.3, 0.4) is 0 Å². The third kappa shape index (κ3) is 7.56. The van der Waals surface area contributed by atoms with Crippen molar-refractivity contribution in [3.8, 4) is 0 Å². The van der Waals surface area contributed by atoms with Gasteiger partial charge in [0.25, 0.3) is 0 Å². The van der Waals surface area contributed by atoms with Crippen LogP contribution in [0.15, 0.2) is 103 Å². The van der Waals surface area contributed by atoms with E-state index in [0.717, 1.165) is 13.3 Å². The number of aromatic nitrogens is 2. The molecule has 6 heteroatoms. The summed E-state index contributed by atoms with van der Waals surface area (Å²) in [4.78, 5) is 22.4. The van der Waals surface area contributed by atoms with Crippen LogP contribution in [-0.4, -0.2) is 34.7 Å². The van der Waals surface area contributed by atoms with Gasteiger partial charge in [-0.25, -0.2) is 0 Å². The third-order valence-electron chi connectivity index (χ3n) is 8.19. The van der Waals surface area contributed by atoms with Crippen LogP contribution in [0.5, 0.6) is 0 Å². The molecule has 4 rings (SSSR count). The second kappa shape index (κ2) is 12.4. The van der Waals surface area contributed by atoms with E-state index in [9.17, 15) is 4.79 Å². The summed E-state index contributed by atoms with van der Waals surface area (Å²) < 4.78 is 9.39. The van der Waals surface area contributed by atoms with Crippen LogP contribution >= 0.6 is 0 Å². The summed E-state index contributed by atoms with van der Waals surface area (Å²) in [5.74, 6) is -0.354. The molecule has 0 fully saturated rings. The van der Waals surface area contributed by atoms with E-state index in [-0.39, 0.29) is 27.8 Å². The number of nitrogens with two attached hydrogens (primary N) is 1. The summed E-state index contributed by atoms with van der Waals surface area (Å²) in [6.45, 7) is 13.7. The number of benzene rings is 3. The topological polar surface area (TPSA) is 78.1 Å². The van der Waals surface area contributed by atoms with E-state index >= 15 is 0 Å². The van der Waals surface area contributed by atoms with E-state index in [4.69, 9.17) is 8.81 Å². The van der Waals surface area contributed by atoms with Crippen LogP contribution in [0.4, 0.5) is 5.82 Å². The van der Waals surface area contributed by atoms with Crippen LogP contribution in [0.1, 0.15) is 68.7 Å². The van der Waals surface area contributed by atoms with Gasteiger partial charge in [0.1, 0.15) is 0 Å². The van der Waals surface area contributed by atoms with Crippen molar-refractivity contribution in [2.24, 2.45) is 0 Å². The Morgan fingerprint density at radius 2 is 0.976 bits per heavy atom. The Bertz CT molecular complexity index is 1310. The Balaban J connectivity index is 1.88. The zero-order chi connectivity index (χ0) is 29.7. The maximum absolute atomic E-state index is 14.0. The average Bonchev–Trinajstić information content (AvgIpc) is 2.94. The fourth-order valence-electron chi connectivity index (χ4n) is 6.44. The van der Waals surface area contributed by atoms with Crippen LogP contribution in [0.25, 0.3) is 0 Å². The molecule has 214 valence electrons. The van der Waals surface area contributed by atoms with E-state index in [2.05, 4.69) is 124 Å². The summed E-state index contributed by atoms with van der Waals surface area (Å²) in [5, 5.41) is 0. The molecule has 41 heavy (non-hydrogen) atoms. The molecule has 1 aromatic heterocycles. The van der Waals surface area contributed by atoms with Crippen LogP contribution in [0, 0.1) is 0 Å². The minimum atomic E-state index is -4.07. The number of carbonyl (C=O) groups is 1. The van der Waals surface area contributed by atoms with Gasteiger partial charge in [-0.15, -0.1) is 0 Å². The van der Waals surface area contributed by atoms with Crippen molar-refractivity contribution < 1.29 is 7.87 Å². The van der Waals surface area contributed by atoms with E-state index in [1.807, 2.05) is 18.2 Å². The number of anilines is 1. The quantitative estimate of drug-likeness (QED) is 0.165. The van der Waals surface area contributed by atoms with Gasteiger partial charge >= 0.3 is 251 Å². The van der Waals surface area contributed by atoms with E-state index < -0.39 is 24.8 Å². The molecule has 0 aliphatic carbocycles. The summed E-state index contributed by atoms with van der Waals surface area (Å²) >= 11 is -4.07. The van der Waals surface area contributed by atoms with Crippen LogP contribution in [0.2, 0.25) is 13.3 Å². The first-order valence-corrected chi connectivity index (χ1v) is 21.5. The van der Waals surface area contributed by atoms with Crippen molar-refractivity contribution in [3.05, 3.63) is 126 Å². The van der Waals surface area contributed by atoms with Crippen molar-refractivity contribution in [2.45, 2.75) is 71.1 Å². The van der Waals surface area contributed by atoms with Gasteiger partial charge in [-0.3, -0.25) is 0 Å². The van der Waals surface area contributed by atoms with E-state index in [1.165, 1.54) is 29.1 Å². The van der Waals surface area contributed by atoms with Crippen molar-refractivity contribution in [3.63, 3.8) is 0 Å². The number of nitrogens with zero attached hydrogens (tertiary/aromatic N) is 2. The predicted molar refractivity (Wildman–Crippen MR) is 170 cm³/mol. The maximum atomic E-state index is 14.0. The van der Waals surface area contributed by atoms with Gasteiger partial charge in [0.15, 0.2) is 0 Å². The first kappa shape index (κ1) is 30.8. The molecule has 2 N–H and O–H groups in total. The number of hydrogen-bond donors (Lipinski definition) is 1. The Labute approximate surface area is 250 Å². The van der Waals surface area contributed by atoms with Crippen LogP contribution in [-0.2, 0) is 19.3 Å². The molecule has 0 bridgehead atoms. The number of rotatable bonds is 11. The molecule has 3 aromatic carbocycles. The molecule has 0 amide bonds. The minimum absolute atomic E-state index is 0.0983. The second-order valence-electron chi connectivity index (χ2n) is 13.1. The molecule has 0 aliphatic rings. The first-order chi connectivity index (χ1) is 19.3. The molecule has 0 saturated carbocycles. The summed E-state index contributed by atoms with van der Waals surface area (Å²) in [5.41, 5.74) is 9.32. The molecule has 4 aromatic rings. The van der Waals surface area contributed by atoms with Gasteiger partial charge in [-0.1, -0.05) is 0 Å². The van der Waals surface area contributed by atoms with Gasteiger partial charge in [-0.2, -0.15) is 0 Å². The normalized spacial score (nSPS) is 12.6. The fourth-order valence-corrected chi connectivity index (χ4v) is 25.1. The standard InChI is InChI=1S/3C10H13.C5H5N3O2.Sn/c3*1-10(2,3)9-7-5-4-6-8-9;6-4-3(5(9)10)7-1-2-8-4;/h3*4-8H,1H2,2-3H3;1-2H,(H2,6,8)(H,9,10);/q;;;;+1/p-1. The molecule has 0 unspecified atom stereocenters. The molecule has 5 nitrogen and oxygen atoms in total. The van der Waals surface area contributed by atoms with E-state index in [1.54, 1.807) is 0 Å². The van der Waals surface area contributed by atoms with Gasteiger partial charge < -0.3 is 0 Å². The Hall–Kier alpha value is -3.19. The Kier molecular flexibility index (Phi) is 9.27. The average molecular weight is 656 g/mol. The predicted octanol–water partition coefficient (Wildman–Crippen LogP) is 8.09. The molecule has 1 heterocycles. The molecule has 0 atom stereocenters. The zero-order valence-electron chi connectivity index (χ0n) is 25.2. The summed E-state index contributed by atoms with van der Waals surface area (Å²) in [7, 11) is 0. The summed E-state index contributed by atoms with van der Waals surface area (Å²) in [6, 6.07) is 31.8. The zero-order valence-corrected chi connectivity index (χ0v) is 28.1. The van der Waals surface area contributed by atoms with Gasteiger partial charge in [0.05, 0.1) is 0 Å². The Morgan fingerprint density at radius 3 is 1.32 bits per heavy atom. The second-order valence-corrected chi connectivity index (χ2v) is 23.5. The third-order valence-corrected chi connectivity index (χ3v) is 23.0. The molecular weight excluding hydrogens is 613 g/mol. The number of carbonyl (C=O) groups excluding carboxylic acids is 1. The van der Waals surface area contributed by atoms with Gasteiger partial charge in [0, 0.05) is 0 Å². The molecular formula is C35H43N3O2Sn. The first-order valence-electron chi connectivity index (χ1n) is 14.3. The van der Waals surface area contributed by atoms with Gasteiger partial charge in [0.2, 0.25) is 0 Å². The van der Waals surface area contributed by atoms with Crippen LogP contribution < -0.4 is 5.73 Å². The molecule has 0 aliphatic heterocycles. The van der Waals surface area contributed by atoms with Crippen molar-refractivity contribution in [2.75, 3.05) is 5.73 Å². The fraction of sp³-hybridized carbons (Fsp3) is 0.343. The monoisotopic (exact) mass is 657 g/mol. The van der Waals surface area contributed by atoms with Crippen molar-refractivity contribution in [1.29, 1.82) is 0 Å². The number of nitrogen functional groups attached to an aromatic ring is 1. The summed E-state index contributed by atoms with van der Waals surface area (Å²) in [6.07, 6.45) is 3.00. The van der Waals surface area contributed by atoms with Gasteiger partial charge in [-0.05, 0) is 0 Å². The van der Waals surface area contributed by atoms with Crippen molar-refractivity contribution in [1.82, 2.24) is 9.97 Å². The SMILES string of the molecule is CC(C)([CH2][Sn]([CH2]C(C)(C)c1ccccc1)([CH2]C(C)(C)c1ccccc1)[O]C(=O)c1nccnc1N)c1ccccc1.